The molecule has 0 radical (unpaired) electrons. The lowest BCUT2D eigenvalue weighted by Crippen LogP contribution is -2.32. The molecule has 2 aromatic rings. The van der Waals surface area contributed by atoms with E-state index in [0.717, 1.165) is 24.2 Å². The highest BCUT2D eigenvalue weighted by Crippen LogP contribution is 2.46. The van der Waals surface area contributed by atoms with E-state index < -0.39 is 11.4 Å². The first kappa shape index (κ1) is 18.7. The van der Waals surface area contributed by atoms with Crippen LogP contribution >= 0.6 is 0 Å². The summed E-state index contributed by atoms with van der Waals surface area (Å²) in [6.45, 7) is 8.46. The van der Waals surface area contributed by atoms with Crippen molar-refractivity contribution < 1.29 is 19.1 Å². The van der Waals surface area contributed by atoms with Gasteiger partial charge in [0.25, 0.3) is 0 Å². The summed E-state index contributed by atoms with van der Waals surface area (Å²) in [7, 11) is 0. The van der Waals surface area contributed by atoms with Gasteiger partial charge in [-0.1, -0.05) is 24.3 Å². The topological polar surface area (TPSA) is 64.6 Å². The Morgan fingerprint density at radius 3 is 2.54 bits per heavy atom. The van der Waals surface area contributed by atoms with E-state index >= 15 is 0 Å². The average Bonchev–Trinajstić information content (AvgIpc) is 2.63. The molecule has 0 aromatic heterocycles. The first-order valence-electron chi connectivity index (χ1n) is 9.63. The molecular formula is C23H25NO4. The predicted octanol–water partition coefficient (Wildman–Crippen LogP) is 3.70. The molecule has 1 aliphatic heterocycles. The number of hydrogen-bond donors (Lipinski definition) is 1. The molecule has 28 heavy (non-hydrogen) atoms. The molecule has 0 fully saturated rings. The van der Waals surface area contributed by atoms with Gasteiger partial charge in [0.2, 0.25) is 0 Å². The van der Waals surface area contributed by atoms with Crippen LogP contribution in [0.25, 0.3) is 0 Å². The molecule has 5 heteroatoms. The normalized spacial score (nSPS) is 17.4. The molecule has 0 spiro atoms. The van der Waals surface area contributed by atoms with Gasteiger partial charge in [0.1, 0.15) is 0 Å². The van der Waals surface area contributed by atoms with Gasteiger partial charge in [-0.15, -0.1) is 0 Å². The average molecular weight is 379 g/mol. The highest BCUT2D eigenvalue weighted by molar-refractivity contribution is 5.80. The number of carbonyl (C=O) groups is 2. The van der Waals surface area contributed by atoms with Crippen molar-refractivity contribution in [2.75, 3.05) is 6.54 Å². The van der Waals surface area contributed by atoms with Gasteiger partial charge >= 0.3 is 11.9 Å². The lowest BCUT2D eigenvalue weighted by Gasteiger charge is -2.35. The van der Waals surface area contributed by atoms with Crippen molar-refractivity contribution >= 4 is 11.9 Å². The fraction of sp³-hybridized carbons (Fsp3) is 0.391. The number of nitrogens with one attached hydrogen (secondary N) is 1. The van der Waals surface area contributed by atoms with E-state index in [4.69, 9.17) is 9.47 Å². The van der Waals surface area contributed by atoms with E-state index in [1.807, 2.05) is 6.07 Å². The second-order valence-electron chi connectivity index (χ2n) is 8.54. The van der Waals surface area contributed by atoms with Crippen molar-refractivity contribution in [2.24, 2.45) is 5.41 Å². The van der Waals surface area contributed by atoms with Crippen molar-refractivity contribution in [1.82, 2.24) is 5.32 Å². The van der Waals surface area contributed by atoms with Gasteiger partial charge in [-0.05, 0) is 49.1 Å². The molecule has 4 rings (SSSR count). The summed E-state index contributed by atoms with van der Waals surface area (Å²) < 4.78 is 11.2. The Morgan fingerprint density at radius 2 is 1.82 bits per heavy atom. The first-order valence-corrected chi connectivity index (χ1v) is 9.63. The van der Waals surface area contributed by atoms with Crippen molar-refractivity contribution in [1.29, 1.82) is 0 Å². The van der Waals surface area contributed by atoms with Crippen LogP contribution in [0.1, 0.15) is 61.4 Å². The summed E-state index contributed by atoms with van der Waals surface area (Å²) in [5.74, 6) is 0.0771. The Bertz CT molecular complexity index is 971. The molecule has 0 amide bonds. The molecule has 146 valence electrons. The van der Waals surface area contributed by atoms with Crippen LogP contribution in [0.15, 0.2) is 30.3 Å². The first-order chi connectivity index (χ1) is 13.3. The zero-order valence-electron chi connectivity index (χ0n) is 16.7. The molecule has 2 aliphatic rings. The van der Waals surface area contributed by atoms with E-state index in [1.54, 1.807) is 26.8 Å². The molecule has 1 N–H and O–H groups in total. The minimum absolute atomic E-state index is 0.199. The maximum Gasteiger partial charge on any atom is 0.316 e. The van der Waals surface area contributed by atoms with Gasteiger partial charge in [0.15, 0.2) is 11.5 Å². The largest absolute Gasteiger partial charge is 0.422 e. The summed E-state index contributed by atoms with van der Waals surface area (Å²) in [5.41, 5.74) is 5.33. The van der Waals surface area contributed by atoms with Crippen LogP contribution in [0.2, 0.25) is 0 Å². The fourth-order valence-electron chi connectivity index (χ4n) is 4.05. The van der Waals surface area contributed by atoms with Gasteiger partial charge < -0.3 is 14.8 Å². The third-order valence-electron chi connectivity index (χ3n) is 5.36. The maximum atomic E-state index is 12.4. The Balaban J connectivity index is 1.84. The quantitative estimate of drug-likeness (QED) is 0.637. The Kier molecular flexibility index (Phi) is 4.50. The third kappa shape index (κ3) is 3.20. The molecule has 0 saturated heterocycles. The zero-order chi connectivity index (χ0) is 20.1. The summed E-state index contributed by atoms with van der Waals surface area (Å²) >= 11 is 0. The number of carbonyl (C=O) groups excluding carboxylic acids is 2. The lowest BCUT2D eigenvalue weighted by atomic mass is 9.74. The van der Waals surface area contributed by atoms with Crippen LogP contribution in [0.3, 0.4) is 0 Å². The van der Waals surface area contributed by atoms with Crippen LogP contribution in [0, 0.1) is 5.41 Å². The van der Waals surface area contributed by atoms with Gasteiger partial charge in [-0.3, -0.25) is 9.59 Å². The van der Waals surface area contributed by atoms with Crippen LogP contribution < -0.4 is 14.8 Å². The zero-order valence-corrected chi connectivity index (χ0v) is 16.7. The molecule has 5 nitrogen and oxygen atoms in total. The van der Waals surface area contributed by atoms with Crippen molar-refractivity contribution in [2.45, 2.75) is 46.6 Å². The van der Waals surface area contributed by atoms with Gasteiger partial charge in [0, 0.05) is 37.9 Å². The Labute approximate surface area is 165 Å². The van der Waals surface area contributed by atoms with Crippen LogP contribution in [-0.4, -0.2) is 18.5 Å². The van der Waals surface area contributed by atoms with Gasteiger partial charge in [-0.2, -0.15) is 0 Å². The summed E-state index contributed by atoms with van der Waals surface area (Å²) in [6, 6.07) is 10.1. The maximum absolute atomic E-state index is 12.4. The number of hydrogen-bond acceptors (Lipinski definition) is 5. The predicted molar refractivity (Wildman–Crippen MR) is 106 cm³/mol. The second-order valence-corrected chi connectivity index (χ2v) is 8.54. The van der Waals surface area contributed by atoms with Crippen LogP contribution in [0.4, 0.5) is 0 Å². The molecule has 0 saturated carbocycles. The minimum atomic E-state index is -0.655. The number of rotatable bonds is 2. The molecule has 1 aliphatic carbocycles. The van der Waals surface area contributed by atoms with Crippen LogP contribution in [0.5, 0.6) is 11.5 Å². The van der Waals surface area contributed by atoms with Crippen molar-refractivity contribution in [3.05, 3.63) is 58.1 Å². The van der Waals surface area contributed by atoms with E-state index in [2.05, 4.69) is 23.5 Å². The number of esters is 2. The molecule has 1 heterocycles. The summed E-state index contributed by atoms with van der Waals surface area (Å²) in [4.78, 5) is 24.3. The van der Waals surface area contributed by atoms with E-state index in [0.29, 0.717) is 17.9 Å². The summed E-state index contributed by atoms with van der Waals surface area (Å²) in [5, 5.41) is 3.48. The summed E-state index contributed by atoms with van der Waals surface area (Å²) in [6.07, 6.45) is 0.651. The molecule has 2 aromatic carbocycles. The SMILES string of the molecule is CC(=O)Oc1c(OC(=O)C(C)(C)C)ccc2c1Cc1cccc3c1C2CNC3. The van der Waals surface area contributed by atoms with E-state index in [9.17, 15) is 9.59 Å². The Hall–Kier alpha value is -2.66. The van der Waals surface area contributed by atoms with Crippen LogP contribution in [-0.2, 0) is 22.6 Å². The van der Waals surface area contributed by atoms with E-state index in [-0.39, 0.29) is 11.9 Å². The molecule has 0 bridgehead atoms. The second kappa shape index (κ2) is 6.74. The standard InChI is InChI=1S/C23H25NO4/c1-13(25)27-21-17-10-14-6-5-7-15-11-24-12-18(20(14)15)16(17)8-9-19(21)28-22(26)23(2,3)4/h5-9,18,24H,10-12H2,1-4H3. The number of fused-ring (bicyclic) bond motifs is 2. The minimum Gasteiger partial charge on any atom is -0.422 e. The van der Waals surface area contributed by atoms with E-state index in [1.165, 1.54) is 23.6 Å². The highest BCUT2D eigenvalue weighted by atomic mass is 16.6. The van der Waals surface area contributed by atoms with Crippen molar-refractivity contribution in [3.63, 3.8) is 0 Å². The fourth-order valence-corrected chi connectivity index (χ4v) is 4.05. The third-order valence-corrected chi connectivity index (χ3v) is 5.36. The molecular weight excluding hydrogens is 354 g/mol. The molecule has 1 unspecified atom stereocenters. The highest BCUT2D eigenvalue weighted by Gasteiger charge is 2.34. The number of benzene rings is 2. The van der Waals surface area contributed by atoms with Gasteiger partial charge in [0.05, 0.1) is 5.41 Å². The van der Waals surface area contributed by atoms with Gasteiger partial charge in [-0.25, -0.2) is 0 Å². The lowest BCUT2D eigenvalue weighted by molar-refractivity contribution is -0.143. The molecule has 1 atom stereocenters. The Morgan fingerprint density at radius 1 is 1.07 bits per heavy atom. The smallest absolute Gasteiger partial charge is 0.316 e. The van der Waals surface area contributed by atoms with Crippen molar-refractivity contribution in [3.8, 4) is 11.5 Å². The number of ether oxygens (including phenoxy) is 2. The monoisotopic (exact) mass is 379 g/mol.